The van der Waals surface area contributed by atoms with E-state index in [1.165, 1.54) is 0 Å². The van der Waals surface area contributed by atoms with E-state index in [-0.39, 0.29) is 11.5 Å². The van der Waals surface area contributed by atoms with Crippen LogP contribution in [0.1, 0.15) is 50.7 Å². The fraction of sp³-hybridized carbons (Fsp3) is 0.300. The van der Waals surface area contributed by atoms with Crippen molar-refractivity contribution in [2.24, 2.45) is 10.2 Å². The number of phenolic OH excluding ortho intramolecular Hbond substituents is 2. The number of rotatable bonds is 7. The van der Waals surface area contributed by atoms with Crippen LogP contribution in [0.4, 0.5) is 0 Å². The standard InChI is InChI=1S/C20H24N2O2/c1-3-9-17(15-11-5-7-13-19(15)23)21-22-18(10-4-2)16-12-6-8-14-20(16)24/h5-8,11-14,23-24H,3-4,9-10H2,1-2H3. The molecule has 0 aliphatic heterocycles. The maximum atomic E-state index is 10.1. The van der Waals surface area contributed by atoms with Crippen molar-refractivity contribution in [1.82, 2.24) is 0 Å². The van der Waals surface area contributed by atoms with E-state index in [1.54, 1.807) is 24.3 Å². The third kappa shape index (κ3) is 4.44. The molecule has 0 saturated carbocycles. The summed E-state index contributed by atoms with van der Waals surface area (Å²) in [5.74, 6) is 0.416. The second kappa shape index (κ2) is 8.87. The third-order valence-electron chi connectivity index (χ3n) is 3.69. The number of aromatic hydroxyl groups is 2. The molecule has 0 atom stereocenters. The molecule has 2 rings (SSSR count). The average molecular weight is 324 g/mol. The zero-order valence-electron chi connectivity index (χ0n) is 14.2. The van der Waals surface area contributed by atoms with Crippen molar-refractivity contribution in [2.45, 2.75) is 39.5 Å². The van der Waals surface area contributed by atoms with Gasteiger partial charge in [0.15, 0.2) is 0 Å². The first-order valence-electron chi connectivity index (χ1n) is 8.37. The van der Waals surface area contributed by atoms with E-state index in [9.17, 15) is 10.2 Å². The zero-order chi connectivity index (χ0) is 17.4. The topological polar surface area (TPSA) is 65.2 Å². The van der Waals surface area contributed by atoms with Crippen molar-refractivity contribution in [3.8, 4) is 11.5 Å². The molecule has 0 spiro atoms. The van der Waals surface area contributed by atoms with Crippen LogP contribution in [0.5, 0.6) is 11.5 Å². The number of hydrogen-bond donors (Lipinski definition) is 2. The molecular weight excluding hydrogens is 300 g/mol. The van der Waals surface area contributed by atoms with Crippen LogP contribution < -0.4 is 0 Å². The zero-order valence-corrected chi connectivity index (χ0v) is 14.2. The molecule has 0 aliphatic carbocycles. The molecule has 0 unspecified atom stereocenters. The fourth-order valence-electron chi connectivity index (χ4n) is 2.51. The van der Waals surface area contributed by atoms with Gasteiger partial charge in [0.2, 0.25) is 0 Å². The Balaban J connectivity index is 2.44. The molecule has 0 radical (unpaired) electrons. The number of hydrogen-bond acceptors (Lipinski definition) is 4. The van der Waals surface area contributed by atoms with Crippen LogP contribution in [0.2, 0.25) is 0 Å². The Hall–Kier alpha value is -2.62. The van der Waals surface area contributed by atoms with E-state index in [2.05, 4.69) is 24.1 Å². The predicted octanol–water partition coefficient (Wildman–Crippen LogP) is 4.89. The van der Waals surface area contributed by atoms with E-state index < -0.39 is 0 Å². The summed E-state index contributed by atoms with van der Waals surface area (Å²) in [4.78, 5) is 0. The second-order valence-corrected chi connectivity index (χ2v) is 5.63. The van der Waals surface area contributed by atoms with Gasteiger partial charge in [-0.2, -0.15) is 10.2 Å². The smallest absolute Gasteiger partial charge is 0.124 e. The minimum absolute atomic E-state index is 0.208. The van der Waals surface area contributed by atoms with Crippen LogP contribution in [-0.4, -0.2) is 21.6 Å². The van der Waals surface area contributed by atoms with Gasteiger partial charge >= 0.3 is 0 Å². The van der Waals surface area contributed by atoms with Crippen molar-refractivity contribution >= 4 is 11.4 Å². The molecule has 2 aromatic rings. The van der Waals surface area contributed by atoms with Gasteiger partial charge < -0.3 is 10.2 Å². The predicted molar refractivity (Wildman–Crippen MR) is 99.1 cm³/mol. The van der Waals surface area contributed by atoms with E-state index in [4.69, 9.17) is 0 Å². The molecular formula is C20H24N2O2. The van der Waals surface area contributed by atoms with Crippen LogP contribution in [0.25, 0.3) is 0 Å². The normalized spacial score (nSPS) is 12.4. The summed E-state index contributed by atoms with van der Waals surface area (Å²) in [5, 5.41) is 29.0. The van der Waals surface area contributed by atoms with Gasteiger partial charge in [-0.3, -0.25) is 0 Å². The molecule has 2 aromatic carbocycles. The van der Waals surface area contributed by atoms with Crippen molar-refractivity contribution in [2.75, 3.05) is 0 Å². The Morgan fingerprint density at radius 1 is 0.708 bits per heavy atom. The van der Waals surface area contributed by atoms with Crippen LogP contribution in [-0.2, 0) is 0 Å². The first kappa shape index (κ1) is 17.7. The number of nitrogens with zero attached hydrogens (tertiary/aromatic N) is 2. The van der Waals surface area contributed by atoms with Gasteiger partial charge in [0.05, 0.1) is 11.4 Å². The Morgan fingerprint density at radius 2 is 1.08 bits per heavy atom. The number of phenols is 2. The number of para-hydroxylation sites is 2. The van der Waals surface area contributed by atoms with E-state index in [1.807, 2.05) is 24.3 Å². The lowest BCUT2D eigenvalue weighted by molar-refractivity contribution is 0.473. The Kier molecular flexibility index (Phi) is 6.55. The summed E-state index contributed by atoms with van der Waals surface area (Å²) in [6, 6.07) is 14.3. The van der Waals surface area contributed by atoms with Crippen molar-refractivity contribution in [3.05, 3.63) is 59.7 Å². The molecule has 0 amide bonds. The molecule has 0 bridgehead atoms. The Morgan fingerprint density at radius 3 is 1.42 bits per heavy atom. The van der Waals surface area contributed by atoms with Crippen LogP contribution in [0.3, 0.4) is 0 Å². The van der Waals surface area contributed by atoms with Crippen molar-refractivity contribution in [3.63, 3.8) is 0 Å². The molecule has 0 aromatic heterocycles. The second-order valence-electron chi connectivity index (χ2n) is 5.63. The lowest BCUT2D eigenvalue weighted by Gasteiger charge is -2.08. The van der Waals surface area contributed by atoms with Gasteiger partial charge in [-0.25, -0.2) is 0 Å². The Labute approximate surface area is 143 Å². The minimum Gasteiger partial charge on any atom is -0.507 e. The Bertz CT molecular complexity index is 672. The largest absolute Gasteiger partial charge is 0.507 e. The highest BCUT2D eigenvalue weighted by Crippen LogP contribution is 2.21. The van der Waals surface area contributed by atoms with Gasteiger partial charge in [0.1, 0.15) is 11.5 Å². The quantitative estimate of drug-likeness (QED) is 0.562. The van der Waals surface area contributed by atoms with Gasteiger partial charge in [-0.1, -0.05) is 51.0 Å². The maximum absolute atomic E-state index is 10.1. The van der Waals surface area contributed by atoms with E-state index >= 15 is 0 Å². The first-order valence-corrected chi connectivity index (χ1v) is 8.37. The average Bonchev–Trinajstić information content (AvgIpc) is 2.59. The highest BCUT2D eigenvalue weighted by Gasteiger charge is 2.10. The SMILES string of the molecule is CCCC(=NN=C(CCC)c1ccccc1O)c1ccccc1O. The minimum atomic E-state index is 0.208. The lowest BCUT2D eigenvalue weighted by atomic mass is 10.0. The van der Waals surface area contributed by atoms with Crippen molar-refractivity contribution in [1.29, 1.82) is 0 Å². The van der Waals surface area contributed by atoms with Crippen LogP contribution >= 0.6 is 0 Å². The third-order valence-corrected chi connectivity index (χ3v) is 3.69. The van der Waals surface area contributed by atoms with E-state index in [0.29, 0.717) is 11.1 Å². The van der Waals surface area contributed by atoms with Crippen LogP contribution in [0.15, 0.2) is 58.7 Å². The molecule has 24 heavy (non-hydrogen) atoms. The fourth-order valence-corrected chi connectivity index (χ4v) is 2.51. The lowest BCUT2D eigenvalue weighted by Crippen LogP contribution is -2.04. The maximum Gasteiger partial charge on any atom is 0.124 e. The van der Waals surface area contributed by atoms with Gasteiger partial charge in [0, 0.05) is 11.1 Å². The highest BCUT2D eigenvalue weighted by molar-refractivity contribution is 6.05. The van der Waals surface area contributed by atoms with E-state index in [0.717, 1.165) is 37.1 Å². The molecule has 0 heterocycles. The number of benzene rings is 2. The molecule has 4 nitrogen and oxygen atoms in total. The molecule has 0 aliphatic rings. The van der Waals surface area contributed by atoms with Gasteiger partial charge in [-0.15, -0.1) is 0 Å². The van der Waals surface area contributed by atoms with Crippen LogP contribution in [0, 0.1) is 0 Å². The van der Waals surface area contributed by atoms with Gasteiger partial charge in [0.25, 0.3) is 0 Å². The summed E-state index contributed by atoms with van der Waals surface area (Å²) in [6.07, 6.45) is 3.26. The van der Waals surface area contributed by atoms with Crippen molar-refractivity contribution < 1.29 is 10.2 Å². The summed E-state index contributed by atoms with van der Waals surface area (Å²) in [7, 11) is 0. The van der Waals surface area contributed by atoms with Gasteiger partial charge in [-0.05, 0) is 37.1 Å². The molecule has 0 saturated heterocycles. The molecule has 126 valence electrons. The molecule has 2 N–H and O–H groups in total. The summed E-state index contributed by atoms with van der Waals surface area (Å²) in [5.41, 5.74) is 2.91. The molecule has 4 heteroatoms. The highest BCUT2D eigenvalue weighted by atomic mass is 16.3. The monoisotopic (exact) mass is 324 g/mol. The summed E-state index contributed by atoms with van der Waals surface area (Å²) >= 11 is 0. The molecule has 0 fully saturated rings. The first-order chi connectivity index (χ1) is 11.7. The summed E-state index contributed by atoms with van der Waals surface area (Å²) < 4.78 is 0. The summed E-state index contributed by atoms with van der Waals surface area (Å²) in [6.45, 7) is 4.13.